The Bertz CT molecular complexity index is 997. The van der Waals surface area contributed by atoms with Crippen molar-refractivity contribution in [2.45, 2.75) is 6.92 Å². The molecule has 1 amide bonds. The lowest BCUT2D eigenvalue weighted by Gasteiger charge is -2.20. The number of nitrogens with zero attached hydrogens (tertiary/aromatic N) is 4. The van der Waals surface area contributed by atoms with Crippen molar-refractivity contribution < 1.29 is 18.9 Å². The number of hydrogen-bond acceptors (Lipinski definition) is 8. The van der Waals surface area contributed by atoms with E-state index in [0.717, 1.165) is 4.70 Å². The second kappa shape index (κ2) is 8.36. The zero-order chi connectivity index (χ0) is 20.3. The Labute approximate surface area is 165 Å². The average Bonchev–Trinajstić information content (AvgIpc) is 3.29. The Morgan fingerprint density at radius 2 is 2.07 bits per heavy atom. The van der Waals surface area contributed by atoms with Crippen LogP contribution in [0.1, 0.15) is 17.5 Å². The van der Waals surface area contributed by atoms with Gasteiger partial charge in [0, 0.05) is 13.1 Å². The highest BCUT2D eigenvalue weighted by atomic mass is 32.1. The minimum atomic E-state index is -0.674. The van der Waals surface area contributed by atoms with Gasteiger partial charge >= 0.3 is 5.88 Å². The van der Waals surface area contributed by atoms with Gasteiger partial charge in [-0.2, -0.15) is 0 Å². The van der Waals surface area contributed by atoms with Crippen molar-refractivity contribution in [3.63, 3.8) is 0 Å². The van der Waals surface area contributed by atoms with Crippen LogP contribution in [0.4, 0.5) is 11.0 Å². The zero-order valence-corrected chi connectivity index (χ0v) is 16.6. The number of furan rings is 1. The van der Waals surface area contributed by atoms with Crippen LogP contribution in [0, 0.1) is 10.1 Å². The Morgan fingerprint density at radius 1 is 1.29 bits per heavy atom. The molecule has 10 heteroatoms. The minimum Gasteiger partial charge on any atom is -0.492 e. The van der Waals surface area contributed by atoms with E-state index in [1.807, 2.05) is 44.1 Å². The van der Waals surface area contributed by atoms with Crippen LogP contribution in [0.5, 0.6) is 5.75 Å². The number of aromatic nitrogens is 1. The van der Waals surface area contributed by atoms with Crippen LogP contribution < -0.4 is 9.64 Å². The number of thiazole rings is 1. The lowest BCUT2D eigenvalue weighted by Crippen LogP contribution is -2.36. The average molecular weight is 404 g/mol. The molecule has 0 bridgehead atoms. The van der Waals surface area contributed by atoms with Crippen molar-refractivity contribution in [2.24, 2.45) is 0 Å². The van der Waals surface area contributed by atoms with Crippen molar-refractivity contribution in [3.8, 4) is 5.75 Å². The maximum Gasteiger partial charge on any atom is 0.433 e. The summed E-state index contributed by atoms with van der Waals surface area (Å²) in [6.07, 6.45) is 0. The molecule has 148 valence electrons. The zero-order valence-electron chi connectivity index (χ0n) is 15.7. The van der Waals surface area contributed by atoms with Gasteiger partial charge in [-0.15, -0.1) is 0 Å². The van der Waals surface area contributed by atoms with E-state index in [1.165, 1.54) is 28.4 Å². The molecule has 0 N–H and O–H groups in total. The number of likely N-dealkylation sites (N-methyl/N-ethyl adjacent to an activating group) is 1. The summed E-state index contributed by atoms with van der Waals surface area (Å²) in [5.74, 6) is -0.406. The van der Waals surface area contributed by atoms with Crippen molar-refractivity contribution in [2.75, 3.05) is 38.7 Å². The lowest BCUT2D eigenvalue weighted by atomic mass is 10.3. The number of anilines is 1. The Kier molecular flexibility index (Phi) is 5.90. The van der Waals surface area contributed by atoms with Gasteiger partial charge in [-0.25, -0.2) is 4.98 Å². The van der Waals surface area contributed by atoms with Crippen LogP contribution in [0.3, 0.4) is 0 Å². The second-order valence-electron chi connectivity index (χ2n) is 6.19. The minimum absolute atomic E-state index is 0.102. The monoisotopic (exact) mass is 404 g/mol. The fraction of sp³-hybridized carbons (Fsp3) is 0.333. The lowest BCUT2D eigenvalue weighted by molar-refractivity contribution is -0.402. The number of fused-ring (bicyclic) bond motifs is 1. The van der Waals surface area contributed by atoms with Gasteiger partial charge in [0.2, 0.25) is 0 Å². The summed E-state index contributed by atoms with van der Waals surface area (Å²) >= 11 is 1.35. The van der Waals surface area contributed by atoms with Crippen LogP contribution >= 0.6 is 11.3 Å². The van der Waals surface area contributed by atoms with Gasteiger partial charge in [0.25, 0.3) is 5.91 Å². The van der Waals surface area contributed by atoms with Gasteiger partial charge in [-0.1, -0.05) is 17.4 Å². The first kappa shape index (κ1) is 19.8. The molecule has 9 nitrogen and oxygen atoms in total. The highest BCUT2D eigenvalue weighted by Crippen LogP contribution is 2.35. The normalized spacial score (nSPS) is 11.1. The molecule has 3 aromatic rings. The molecule has 0 aliphatic rings. The van der Waals surface area contributed by atoms with Crippen LogP contribution in [-0.2, 0) is 0 Å². The Morgan fingerprint density at radius 3 is 2.71 bits per heavy atom. The van der Waals surface area contributed by atoms with Crippen LogP contribution in [0.15, 0.2) is 34.7 Å². The molecule has 0 radical (unpaired) electrons. The summed E-state index contributed by atoms with van der Waals surface area (Å²) in [6.45, 7) is 3.33. The smallest absolute Gasteiger partial charge is 0.433 e. The number of ether oxygens (including phenoxy) is 1. The maximum absolute atomic E-state index is 13.0. The molecular weight excluding hydrogens is 384 g/mol. The highest BCUT2D eigenvalue weighted by Gasteiger charge is 2.26. The van der Waals surface area contributed by atoms with Gasteiger partial charge in [-0.3, -0.25) is 19.8 Å². The number of hydrogen-bond donors (Lipinski definition) is 0. The van der Waals surface area contributed by atoms with E-state index in [1.54, 1.807) is 0 Å². The largest absolute Gasteiger partial charge is 0.492 e. The molecule has 1 aromatic carbocycles. The predicted octanol–water partition coefficient (Wildman–Crippen LogP) is 3.40. The molecule has 0 saturated heterocycles. The van der Waals surface area contributed by atoms with E-state index >= 15 is 0 Å². The number of nitro groups is 1. The number of para-hydroxylation sites is 1. The number of rotatable bonds is 8. The van der Waals surface area contributed by atoms with Crippen LogP contribution in [0.2, 0.25) is 0 Å². The number of carbonyl (C=O) groups is 1. The summed E-state index contributed by atoms with van der Waals surface area (Å²) in [4.78, 5) is 31.2. The summed E-state index contributed by atoms with van der Waals surface area (Å²) in [7, 11) is 3.79. The molecule has 2 aromatic heterocycles. The summed E-state index contributed by atoms with van der Waals surface area (Å²) in [5.41, 5.74) is 0.678. The third kappa shape index (κ3) is 4.12. The fourth-order valence-electron chi connectivity index (χ4n) is 2.56. The molecule has 0 atom stereocenters. The van der Waals surface area contributed by atoms with E-state index in [9.17, 15) is 14.9 Å². The van der Waals surface area contributed by atoms with E-state index in [0.29, 0.717) is 36.1 Å². The SMILES string of the molecule is CCOc1cccc2sc(N(CCN(C)C)C(=O)c3ccc([N+](=O)[O-])o3)nc12. The van der Waals surface area contributed by atoms with Crippen molar-refractivity contribution >= 4 is 38.5 Å². The number of benzene rings is 1. The molecule has 3 rings (SSSR count). The van der Waals surface area contributed by atoms with E-state index < -0.39 is 16.7 Å². The first-order valence-corrected chi connectivity index (χ1v) is 9.45. The van der Waals surface area contributed by atoms with E-state index in [2.05, 4.69) is 4.98 Å². The van der Waals surface area contributed by atoms with E-state index in [-0.39, 0.29) is 5.76 Å². The van der Waals surface area contributed by atoms with Gasteiger partial charge in [0.1, 0.15) is 16.2 Å². The maximum atomic E-state index is 13.0. The third-order valence-electron chi connectivity index (χ3n) is 3.90. The standard InChI is InChI=1S/C18H20N4O5S/c1-4-26-12-6-5-7-14-16(12)19-18(28-14)21(11-10-20(2)3)17(23)13-8-9-15(27-13)22(24)25/h5-9H,4,10-11H2,1-3H3. The molecule has 0 saturated carbocycles. The molecule has 0 aliphatic heterocycles. The highest BCUT2D eigenvalue weighted by molar-refractivity contribution is 7.22. The first-order chi connectivity index (χ1) is 13.4. The van der Waals surface area contributed by atoms with Gasteiger partial charge in [0.05, 0.1) is 17.4 Å². The van der Waals surface area contributed by atoms with Crippen LogP contribution in [0.25, 0.3) is 10.2 Å². The van der Waals surface area contributed by atoms with Crippen molar-refractivity contribution in [3.05, 3.63) is 46.2 Å². The molecule has 0 spiro atoms. The van der Waals surface area contributed by atoms with Crippen molar-refractivity contribution in [1.29, 1.82) is 0 Å². The second-order valence-corrected chi connectivity index (χ2v) is 7.20. The van der Waals surface area contributed by atoms with Crippen molar-refractivity contribution in [1.82, 2.24) is 9.88 Å². The summed E-state index contributed by atoms with van der Waals surface area (Å²) in [5, 5.41) is 11.3. The predicted molar refractivity (Wildman–Crippen MR) is 106 cm³/mol. The van der Waals surface area contributed by atoms with E-state index in [4.69, 9.17) is 9.15 Å². The fourth-order valence-corrected chi connectivity index (χ4v) is 3.56. The molecule has 0 aliphatic carbocycles. The molecular formula is C18H20N4O5S. The first-order valence-electron chi connectivity index (χ1n) is 8.64. The molecule has 0 unspecified atom stereocenters. The number of carbonyl (C=O) groups excluding carboxylic acids is 1. The molecule has 28 heavy (non-hydrogen) atoms. The third-order valence-corrected chi connectivity index (χ3v) is 4.94. The molecule has 2 heterocycles. The number of amides is 1. The molecule has 0 fully saturated rings. The Balaban J connectivity index is 1.99. The summed E-state index contributed by atoms with van der Waals surface area (Å²) < 4.78 is 11.6. The van der Waals surface area contributed by atoms with Gasteiger partial charge in [-0.05, 0) is 39.2 Å². The van der Waals surface area contributed by atoms with Crippen LogP contribution in [-0.4, -0.2) is 54.5 Å². The topological polar surface area (TPSA) is 102 Å². The van der Waals surface area contributed by atoms with Gasteiger partial charge in [0.15, 0.2) is 10.9 Å². The summed E-state index contributed by atoms with van der Waals surface area (Å²) in [6, 6.07) is 8.09. The Hall–Kier alpha value is -2.98. The van der Waals surface area contributed by atoms with Gasteiger partial charge < -0.3 is 14.1 Å². The quantitative estimate of drug-likeness (QED) is 0.419.